The predicted molar refractivity (Wildman–Crippen MR) is 79.6 cm³/mol. The summed E-state index contributed by atoms with van der Waals surface area (Å²) in [6.45, 7) is 6.23. The molecule has 0 aliphatic heterocycles. The summed E-state index contributed by atoms with van der Waals surface area (Å²) >= 11 is 0. The summed E-state index contributed by atoms with van der Waals surface area (Å²) in [6, 6.07) is 6.99. The lowest BCUT2D eigenvalue weighted by Crippen LogP contribution is -2.36. The molecule has 0 aliphatic rings. The van der Waals surface area contributed by atoms with E-state index in [0.717, 1.165) is 18.4 Å². The lowest BCUT2D eigenvalue weighted by atomic mass is 9.98. The lowest BCUT2D eigenvalue weighted by Gasteiger charge is -2.26. The minimum atomic E-state index is -0.369. The highest BCUT2D eigenvalue weighted by molar-refractivity contribution is 5.35. The van der Waals surface area contributed by atoms with Crippen LogP contribution in [0.15, 0.2) is 24.3 Å². The number of hydrogen-bond acceptors (Lipinski definition) is 4. The van der Waals surface area contributed by atoms with E-state index in [9.17, 15) is 15.2 Å². The van der Waals surface area contributed by atoms with Crippen LogP contribution in [0, 0.1) is 16.0 Å². The molecule has 3 atom stereocenters. The van der Waals surface area contributed by atoms with Gasteiger partial charge in [0.15, 0.2) is 0 Å². The molecule has 0 radical (unpaired) electrons. The van der Waals surface area contributed by atoms with Crippen LogP contribution in [0.1, 0.15) is 45.2 Å². The van der Waals surface area contributed by atoms with Gasteiger partial charge in [0.25, 0.3) is 5.69 Å². The first-order valence-corrected chi connectivity index (χ1v) is 7.10. The van der Waals surface area contributed by atoms with E-state index in [1.165, 1.54) is 6.07 Å². The highest BCUT2D eigenvalue weighted by Crippen LogP contribution is 2.24. The molecule has 1 aromatic rings. The summed E-state index contributed by atoms with van der Waals surface area (Å²) in [6.07, 6.45) is 1.89. The number of aliphatic hydroxyl groups is 1. The Balaban J connectivity index is 2.90. The highest BCUT2D eigenvalue weighted by atomic mass is 16.6. The first-order chi connectivity index (χ1) is 9.49. The minimum absolute atomic E-state index is 0.0731. The lowest BCUT2D eigenvalue weighted by molar-refractivity contribution is -0.384. The summed E-state index contributed by atoms with van der Waals surface area (Å²) in [5.41, 5.74) is 1.05. The van der Waals surface area contributed by atoms with Crippen LogP contribution < -0.4 is 5.32 Å². The second-order valence-corrected chi connectivity index (χ2v) is 5.31. The Labute approximate surface area is 120 Å². The van der Waals surface area contributed by atoms with E-state index < -0.39 is 0 Å². The van der Waals surface area contributed by atoms with Gasteiger partial charge in [0.1, 0.15) is 0 Å². The number of benzene rings is 1. The van der Waals surface area contributed by atoms with Gasteiger partial charge in [-0.05, 0) is 24.8 Å². The zero-order valence-corrected chi connectivity index (χ0v) is 12.4. The first kappa shape index (κ1) is 16.6. The first-order valence-electron chi connectivity index (χ1n) is 7.10. The Morgan fingerprint density at radius 1 is 1.40 bits per heavy atom. The minimum Gasteiger partial charge on any atom is -0.396 e. The Morgan fingerprint density at radius 2 is 2.10 bits per heavy atom. The second kappa shape index (κ2) is 7.97. The number of hydrogen-bond donors (Lipinski definition) is 2. The molecule has 0 amide bonds. The predicted octanol–water partition coefficient (Wildman–Crippen LogP) is 3.04. The smallest absolute Gasteiger partial charge is 0.269 e. The summed E-state index contributed by atoms with van der Waals surface area (Å²) < 4.78 is 0. The maximum atomic E-state index is 10.9. The van der Waals surface area contributed by atoms with Crippen LogP contribution in [-0.4, -0.2) is 22.7 Å². The molecule has 0 saturated carbocycles. The van der Waals surface area contributed by atoms with Crippen molar-refractivity contribution in [1.29, 1.82) is 0 Å². The molecule has 0 aliphatic carbocycles. The van der Waals surface area contributed by atoms with Crippen LogP contribution in [0.4, 0.5) is 5.69 Å². The van der Waals surface area contributed by atoms with Crippen LogP contribution in [0.2, 0.25) is 0 Å². The zero-order valence-electron chi connectivity index (χ0n) is 12.4. The van der Waals surface area contributed by atoms with Crippen LogP contribution in [0.3, 0.4) is 0 Å². The van der Waals surface area contributed by atoms with E-state index in [1.54, 1.807) is 12.1 Å². The molecule has 20 heavy (non-hydrogen) atoms. The van der Waals surface area contributed by atoms with E-state index in [-0.39, 0.29) is 35.2 Å². The van der Waals surface area contributed by atoms with Gasteiger partial charge < -0.3 is 10.4 Å². The van der Waals surface area contributed by atoms with Gasteiger partial charge in [0.2, 0.25) is 0 Å². The molecule has 0 fully saturated rings. The van der Waals surface area contributed by atoms with Crippen molar-refractivity contribution in [1.82, 2.24) is 5.32 Å². The molecule has 1 rings (SSSR count). The fourth-order valence-corrected chi connectivity index (χ4v) is 2.13. The van der Waals surface area contributed by atoms with Gasteiger partial charge in [0, 0.05) is 30.8 Å². The number of non-ortho nitro benzene ring substituents is 1. The largest absolute Gasteiger partial charge is 0.396 e. The summed E-state index contributed by atoms with van der Waals surface area (Å²) in [7, 11) is 0. The highest BCUT2D eigenvalue weighted by Gasteiger charge is 2.19. The van der Waals surface area contributed by atoms with Crippen molar-refractivity contribution in [2.24, 2.45) is 5.92 Å². The maximum absolute atomic E-state index is 10.9. The molecular weight excluding hydrogens is 256 g/mol. The molecule has 0 bridgehead atoms. The van der Waals surface area contributed by atoms with Crippen molar-refractivity contribution in [2.75, 3.05) is 6.61 Å². The third kappa shape index (κ3) is 4.58. The molecule has 0 saturated heterocycles. The fraction of sp³-hybridized carbons (Fsp3) is 0.600. The van der Waals surface area contributed by atoms with Gasteiger partial charge in [-0.2, -0.15) is 0 Å². The molecule has 2 N–H and O–H groups in total. The Kier molecular flexibility index (Phi) is 6.61. The number of rotatable bonds is 8. The van der Waals surface area contributed by atoms with E-state index in [0.29, 0.717) is 0 Å². The fourth-order valence-electron chi connectivity index (χ4n) is 2.13. The van der Waals surface area contributed by atoms with Crippen LogP contribution >= 0.6 is 0 Å². The summed E-state index contributed by atoms with van der Waals surface area (Å²) in [4.78, 5) is 10.5. The molecule has 112 valence electrons. The third-order valence-electron chi connectivity index (χ3n) is 3.67. The number of aliphatic hydroxyl groups excluding tert-OH is 1. The van der Waals surface area contributed by atoms with Gasteiger partial charge in [-0.25, -0.2) is 0 Å². The van der Waals surface area contributed by atoms with Crippen LogP contribution in [0.5, 0.6) is 0 Å². The quantitative estimate of drug-likeness (QED) is 0.567. The van der Waals surface area contributed by atoms with Crippen molar-refractivity contribution < 1.29 is 10.0 Å². The monoisotopic (exact) mass is 280 g/mol. The molecule has 5 nitrogen and oxygen atoms in total. The van der Waals surface area contributed by atoms with Gasteiger partial charge in [0.05, 0.1) is 4.92 Å². The topological polar surface area (TPSA) is 75.4 Å². The van der Waals surface area contributed by atoms with E-state index >= 15 is 0 Å². The second-order valence-electron chi connectivity index (χ2n) is 5.31. The van der Waals surface area contributed by atoms with E-state index in [4.69, 9.17) is 0 Å². The molecule has 0 aromatic heterocycles. The van der Waals surface area contributed by atoms with E-state index in [2.05, 4.69) is 12.2 Å². The Bertz CT molecular complexity index is 437. The zero-order chi connectivity index (χ0) is 15.1. The average molecular weight is 280 g/mol. The maximum Gasteiger partial charge on any atom is 0.269 e. The van der Waals surface area contributed by atoms with Crippen LogP contribution in [0.25, 0.3) is 0 Å². The van der Waals surface area contributed by atoms with Gasteiger partial charge >= 0.3 is 0 Å². The van der Waals surface area contributed by atoms with E-state index in [1.807, 2.05) is 19.9 Å². The molecule has 5 heteroatoms. The van der Waals surface area contributed by atoms with Gasteiger partial charge in [-0.1, -0.05) is 32.4 Å². The summed E-state index contributed by atoms with van der Waals surface area (Å²) in [5, 5.41) is 23.5. The number of nitro benzene ring substituents is 1. The number of nitrogens with one attached hydrogen (secondary N) is 1. The molecule has 0 spiro atoms. The van der Waals surface area contributed by atoms with Crippen molar-refractivity contribution in [3.05, 3.63) is 39.9 Å². The molecule has 0 heterocycles. The molecular formula is C15H24N2O3. The SMILES string of the molecule is CCCC(NC(C)C(C)CO)c1cccc([N+](=O)[O-])c1. The third-order valence-corrected chi connectivity index (χ3v) is 3.67. The van der Waals surface area contributed by atoms with Crippen LogP contribution in [-0.2, 0) is 0 Å². The Hall–Kier alpha value is -1.46. The van der Waals surface area contributed by atoms with Crippen molar-refractivity contribution in [2.45, 2.75) is 45.7 Å². The van der Waals surface area contributed by atoms with Gasteiger partial charge in [-0.3, -0.25) is 10.1 Å². The standard InChI is InChI=1S/C15H24N2O3/c1-4-6-15(16-12(3)11(2)10-18)13-7-5-8-14(9-13)17(19)20/h5,7-9,11-12,15-16,18H,4,6,10H2,1-3H3. The normalized spacial score (nSPS) is 15.6. The number of nitro groups is 1. The Morgan fingerprint density at radius 3 is 2.65 bits per heavy atom. The average Bonchev–Trinajstić information content (AvgIpc) is 2.45. The van der Waals surface area contributed by atoms with Crippen molar-refractivity contribution in [3.8, 4) is 0 Å². The van der Waals surface area contributed by atoms with Gasteiger partial charge in [-0.15, -0.1) is 0 Å². The van der Waals surface area contributed by atoms with Crippen molar-refractivity contribution in [3.63, 3.8) is 0 Å². The van der Waals surface area contributed by atoms with Crippen molar-refractivity contribution >= 4 is 5.69 Å². The summed E-state index contributed by atoms with van der Waals surface area (Å²) in [5.74, 6) is 0.146. The molecule has 3 unspecified atom stereocenters. The molecule has 1 aromatic carbocycles. The number of nitrogens with zero attached hydrogens (tertiary/aromatic N) is 1.